The van der Waals surface area contributed by atoms with Crippen LogP contribution in [0.25, 0.3) is 0 Å². The Morgan fingerprint density at radius 2 is 1.95 bits per heavy atom. The number of nitrogens with zero attached hydrogens (tertiary/aromatic N) is 2. The van der Waals surface area contributed by atoms with Crippen molar-refractivity contribution in [2.75, 3.05) is 26.2 Å². The monoisotopic (exact) mass is 317 g/mol. The molecular formula is C16H32ClN3O. The van der Waals surface area contributed by atoms with Gasteiger partial charge in [-0.2, -0.15) is 0 Å². The first-order chi connectivity index (χ1) is 9.29. The number of amides is 1. The minimum atomic E-state index is 0. The maximum absolute atomic E-state index is 12.6. The van der Waals surface area contributed by atoms with Crippen LogP contribution in [0.5, 0.6) is 0 Å². The summed E-state index contributed by atoms with van der Waals surface area (Å²) in [5.74, 6) is 0.859. The molecule has 5 heteroatoms. The Balaban J connectivity index is 0.00000220. The number of halogens is 1. The van der Waals surface area contributed by atoms with E-state index in [0.29, 0.717) is 24.4 Å². The van der Waals surface area contributed by atoms with Crippen LogP contribution in [0.15, 0.2) is 0 Å². The Labute approximate surface area is 135 Å². The molecule has 0 spiro atoms. The predicted octanol–water partition coefficient (Wildman–Crippen LogP) is 2.11. The van der Waals surface area contributed by atoms with Crippen molar-refractivity contribution in [3.8, 4) is 0 Å². The molecule has 2 aliphatic rings. The summed E-state index contributed by atoms with van der Waals surface area (Å²) in [6, 6.07) is 0.772. The molecule has 1 aliphatic carbocycles. The molecule has 124 valence electrons. The maximum atomic E-state index is 12.6. The predicted molar refractivity (Wildman–Crippen MR) is 89.6 cm³/mol. The highest BCUT2D eigenvalue weighted by molar-refractivity contribution is 5.85. The van der Waals surface area contributed by atoms with E-state index in [9.17, 15) is 4.79 Å². The van der Waals surface area contributed by atoms with Gasteiger partial charge in [0.1, 0.15) is 0 Å². The largest absolute Gasteiger partial charge is 0.338 e. The molecule has 1 atom stereocenters. The summed E-state index contributed by atoms with van der Waals surface area (Å²) in [7, 11) is 0. The van der Waals surface area contributed by atoms with Gasteiger partial charge in [-0.1, -0.05) is 27.7 Å². The van der Waals surface area contributed by atoms with Gasteiger partial charge < -0.3 is 10.6 Å². The number of likely N-dealkylation sites (tertiary alicyclic amines) is 1. The van der Waals surface area contributed by atoms with Gasteiger partial charge in [-0.15, -0.1) is 12.4 Å². The second kappa shape index (κ2) is 7.30. The first-order valence-electron chi connectivity index (χ1n) is 8.07. The molecule has 2 fully saturated rings. The van der Waals surface area contributed by atoms with Gasteiger partial charge in [0, 0.05) is 31.7 Å². The van der Waals surface area contributed by atoms with E-state index >= 15 is 0 Å². The number of hydrogen-bond donors (Lipinski definition) is 1. The molecule has 2 rings (SSSR count). The quantitative estimate of drug-likeness (QED) is 0.845. The van der Waals surface area contributed by atoms with Gasteiger partial charge in [0.25, 0.3) is 0 Å². The van der Waals surface area contributed by atoms with Crippen molar-refractivity contribution in [1.29, 1.82) is 0 Å². The van der Waals surface area contributed by atoms with Crippen LogP contribution in [-0.2, 0) is 4.79 Å². The third kappa shape index (κ3) is 5.11. The zero-order chi connectivity index (χ0) is 14.9. The van der Waals surface area contributed by atoms with Gasteiger partial charge >= 0.3 is 0 Å². The molecule has 1 heterocycles. The van der Waals surface area contributed by atoms with E-state index in [1.165, 1.54) is 12.8 Å². The van der Waals surface area contributed by atoms with Gasteiger partial charge in [-0.05, 0) is 30.6 Å². The molecular weight excluding hydrogens is 286 g/mol. The Morgan fingerprint density at radius 1 is 1.33 bits per heavy atom. The lowest BCUT2D eigenvalue weighted by molar-refractivity contribution is -0.134. The number of carbonyl (C=O) groups excluding carboxylic acids is 1. The second-order valence-corrected chi connectivity index (χ2v) is 7.77. The zero-order valence-corrected chi connectivity index (χ0v) is 14.8. The normalized spacial score (nSPS) is 25.5. The molecule has 21 heavy (non-hydrogen) atoms. The maximum Gasteiger partial charge on any atom is 0.237 e. The van der Waals surface area contributed by atoms with Gasteiger partial charge in [-0.3, -0.25) is 9.69 Å². The zero-order valence-electron chi connectivity index (χ0n) is 14.0. The van der Waals surface area contributed by atoms with Crippen molar-refractivity contribution in [2.24, 2.45) is 17.1 Å². The smallest absolute Gasteiger partial charge is 0.237 e. The number of piperidine rings is 1. The lowest BCUT2D eigenvalue weighted by Crippen LogP contribution is -2.54. The van der Waals surface area contributed by atoms with E-state index in [0.717, 1.165) is 26.1 Å². The van der Waals surface area contributed by atoms with Crippen LogP contribution in [0.2, 0.25) is 0 Å². The molecule has 1 amide bonds. The van der Waals surface area contributed by atoms with Crippen LogP contribution in [0.1, 0.15) is 47.0 Å². The summed E-state index contributed by atoms with van der Waals surface area (Å²) in [4.78, 5) is 17.0. The van der Waals surface area contributed by atoms with Gasteiger partial charge in [0.2, 0.25) is 5.91 Å². The highest BCUT2D eigenvalue weighted by atomic mass is 35.5. The van der Waals surface area contributed by atoms with Crippen LogP contribution in [0.4, 0.5) is 0 Å². The van der Waals surface area contributed by atoms with Crippen LogP contribution in [0, 0.1) is 11.3 Å². The van der Waals surface area contributed by atoms with Crippen molar-refractivity contribution in [2.45, 2.75) is 59.0 Å². The Kier molecular flexibility index (Phi) is 6.51. The van der Waals surface area contributed by atoms with Gasteiger partial charge in [0.05, 0.1) is 6.54 Å². The highest BCUT2D eigenvalue weighted by Crippen LogP contribution is 2.30. The molecule has 2 N–H and O–H groups in total. The molecule has 0 aromatic carbocycles. The molecule has 0 aromatic heterocycles. The Morgan fingerprint density at radius 3 is 2.43 bits per heavy atom. The standard InChI is InChI=1S/C16H31N3O.ClH/c1-12(2)9-19(13-5-6-13)15(20)10-18-8-7-14(17)16(3,4)11-18;/h12-14H,5-11,17H2,1-4H3;1H. The summed E-state index contributed by atoms with van der Waals surface area (Å²) < 4.78 is 0. The summed E-state index contributed by atoms with van der Waals surface area (Å²) in [5.41, 5.74) is 6.28. The van der Waals surface area contributed by atoms with Crippen molar-refractivity contribution < 1.29 is 4.79 Å². The average molecular weight is 318 g/mol. The number of carbonyl (C=O) groups is 1. The topological polar surface area (TPSA) is 49.6 Å². The minimum absolute atomic E-state index is 0. The van der Waals surface area contributed by atoms with Gasteiger partial charge in [-0.25, -0.2) is 0 Å². The molecule has 1 aliphatic heterocycles. The summed E-state index contributed by atoms with van der Waals surface area (Å²) in [6.07, 6.45) is 3.37. The number of nitrogens with two attached hydrogens (primary N) is 1. The van der Waals surface area contributed by atoms with Crippen molar-refractivity contribution in [3.05, 3.63) is 0 Å². The third-order valence-electron chi connectivity index (χ3n) is 4.62. The lowest BCUT2D eigenvalue weighted by atomic mass is 9.80. The van der Waals surface area contributed by atoms with Gasteiger partial charge in [0.15, 0.2) is 0 Å². The van der Waals surface area contributed by atoms with Crippen molar-refractivity contribution >= 4 is 18.3 Å². The minimum Gasteiger partial charge on any atom is -0.338 e. The van der Waals surface area contributed by atoms with Crippen LogP contribution in [0.3, 0.4) is 0 Å². The van der Waals surface area contributed by atoms with E-state index in [4.69, 9.17) is 5.73 Å². The van der Waals surface area contributed by atoms with E-state index in [1.807, 2.05) is 0 Å². The summed E-state index contributed by atoms with van der Waals surface area (Å²) >= 11 is 0. The van der Waals surface area contributed by atoms with E-state index in [1.54, 1.807) is 0 Å². The van der Waals surface area contributed by atoms with Crippen LogP contribution in [-0.4, -0.2) is 54.0 Å². The van der Waals surface area contributed by atoms with E-state index in [2.05, 4.69) is 37.5 Å². The molecule has 0 bridgehead atoms. The molecule has 1 saturated heterocycles. The fraction of sp³-hybridized carbons (Fsp3) is 0.938. The first-order valence-corrected chi connectivity index (χ1v) is 8.07. The fourth-order valence-corrected chi connectivity index (χ4v) is 3.14. The first kappa shape index (κ1) is 18.7. The average Bonchev–Trinajstić information content (AvgIpc) is 3.14. The van der Waals surface area contributed by atoms with Crippen LogP contribution >= 0.6 is 12.4 Å². The van der Waals surface area contributed by atoms with E-state index in [-0.39, 0.29) is 23.9 Å². The summed E-state index contributed by atoms with van der Waals surface area (Å²) in [6.45, 7) is 12.1. The van der Waals surface area contributed by atoms with Crippen molar-refractivity contribution in [3.63, 3.8) is 0 Å². The Bertz CT molecular complexity index is 355. The molecule has 1 unspecified atom stereocenters. The third-order valence-corrected chi connectivity index (χ3v) is 4.62. The molecule has 4 nitrogen and oxygen atoms in total. The van der Waals surface area contributed by atoms with E-state index < -0.39 is 0 Å². The Hall–Kier alpha value is -0.320. The molecule has 0 aromatic rings. The lowest BCUT2D eigenvalue weighted by Gasteiger charge is -2.42. The number of hydrogen-bond acceptors (Lipinski definition) is 3. The molecule has 0 radical (unpaired) electrons. The molecule has 1 saturated carbocycles. The highest BCUT2D eigenvalue weighted by Gasteiger charge is 2.37. The summed E-state index contributed by atoms with van der Waals surface area (Å²) in [5, 5.41) is 0. The second-order valence-electron chi connectivity index (χ2n) is 7.77. The van der Waals surface area contributed by atoms with Crippen LogP contribution < -0.4 is 5.73 Å². The SMILES string of the molecule is CC(C)CN(C(=O)CN1CCC(N)C(C)(C)C1)C1CC1.Cl. The number of rotatable bonds is 5. The van der Waals surface area contributed by atoms with Crippen molar-refractivity contribution in [1.82, 2.24) is 9.80 Å². The fourth-order valence-electron chi connectivity index (χ4n) is 3.14.